The molecule has 0 amide bonds. The summed E-state index contributed by atoms with van der Waals surface area (Å²) in [4.78, 5) is 21.8. The van der Waals surface area contributed by atoms with E-state index in [4.69, 9.17) is 5.11 Å². The summed E-state index contributed by atoms with van der Waals surface area (Å²) in [6.45, 7) is 1.90. The van der Waals surface area contributed by atoms with E-state index in [0.29, 0.717) is 5.92 Å². The van der Waals surface area contributed by atoms with Crippen LogP contribution in [0.4, 0.5) is 0 Å². The van der Waals surface area contributed by atoms with Crippen molar-refractivity contribution in [2.24, 2.45) is 11.7 Å². The van der Waals surface area contributed by atoms with E-state index in [2.05, 4.69) is 17.7 Å². The molecule has 1 heterocycles. The van der Waals surface area contributed by atoms with Gasteiger partial charge in [-0.1, -0.05) is 0 Å². The number of carbonyl (C=O) groups is 2. The van der Waals surface area contributed by atoms with Crippen LogP contribution >= 0.6 is 0 Å². The SMILES string of the molecule is CN1CCC(C=O)CC1.NCC(=O)O. The van der Waals surface area contributed by atoms with Gasteiger partial charge in [-0.2, -0.15) is 0 Å². The molecular formula is C9H18N2O3. The molecule has 1 aliphatic rings. The smallest absolute Gasteiger partial charge is 0.317 e. The molecule has 3 N–H and O–H groups in total. The molecule has 0 atom stereocenters. The quantitative estimate of drug-likeness (QED) is 0.593. The van der Waals surface area contributed by atoms with E-state index < -0.39 is 5.97 Å². The monoisotopic (exact) mass is 202 g/mol. The van der Waals surface area contributed by atoms with Crippen LogP contribution in [0.15, 0.2) is 0 Å². The molecule has 5 nitrogen and oxygen atoms in total. The Morgan fingerprint density at radius 3 is 2.29 bits per heavy atom. The number of aldehydes is 1. The number of hydrogen-bond acceptors (Lipinski definition) is 4. The summed E-state index contributed by atoms with van der Waals surface area (Å²) in [6, 6.07) is 0. The third kappa shape index (κ3) is 6.56. The summed E-state index contributed by atoms with van der Waals surface area (Å²) in [5.74, 6) is -0.619. The highest BCUT2D eigenvalue weighted by Gasteiger charge is 2.14. The Bertz CT molecular complexity index is 177. The summed E-state index contributed by atoms with van der Waals surface area (Å²) in [6.07, 6.45) is 3.20. The highest BCUT2D eigenvalue weighted by atomic mass is 16.4. The van der Waals surface area contributed by atoms with Crippen LogP contribution in [0.5, 0.6) is 0 Å². The fourth-order valence-corrected chi connectivity index (χ4v) is 1.16. The van der Waals surface area contributed by atoms with Gasteiger partial charge >= 0.3 is 5.97 Å². The second-order valence-electron chi connectivity index (χ2n) is 3.37. The minimum Gasteiger partial charge on any atom is -0.480 e. The van der Waals surface area contributed by atoms with Crippen LogP contribution in [0.1, 0.15) is 12.8 Å². The average molecular weight is 202 g/mol. The third-order valence-corrected chi connectivity index (χ3v) is 2.13. The van der Waals surface area contributed by atoms with Crippen molar-refractivity contribution in [1.82, 2.24) is 4.90 Å². The molecule has 5 heteroatoms. The summed E-state index contributed by atoms with van der Waals surface area (Å²) < 4.78 is 0. The Kier molecular flexibility index (Phi) is 6.96. The van der Waals surface area contributed by atoms with E-state index in [0.717, 1.165) is 32.2 Å². The second-order valence-corrected chi connectivity index (χ2v) is 3.37. The number of hydrogen-bond donors (Lipinski definition) is 2. The van der Waals surface area contributed by atoms with Gasteiger partial charge in [0.05, 0.1) is 6.54 Å². The number of rotatable bonds is 2. The average Bonchev–Trinajstić information content (AvgIpc) is 2.20. The molecule has 0 bridgehead atoms. The van der Waals surface area contributed by atoms with Crippen molar-refractivity contribution in [2.75, 3.05) is 26.7 Å². The molecule has 0 unspecified atom stereocenters. The van der Waals surface area contributed by atoms with E-state index >= 15 is 0 Å². The van der Waals surface area contributed by atoms with Gasteiger partial charge in [0.1, 0.15) is 6.29 Å². The highest BCUT2D eigenvalue weighted by molar-refractivity contribution is 5.68. The van der Waals surface area contributed by atoms with Gasteiger partial charge < -0.3 is 20.5 Å². The largest absolute Gasteiger partial charge is 0.480 e. The Labute approximate surface area is 83.9 Å². The molecule has 1 aliphatic heterocycles. The number of nitrogens with two attached hydrogens (primary N) is 1. The van der Waals surface area contributed by atoms with Gasteiger partial charge in [-0.25, -0.2) is 0 Å². The fraction of sp³-hybridized carbons (Fsp3) is 0.778. The summed E-state index contributed by atoms with van der Waals surface area (Å²) in [5.41, 5.74) is 4.57. The first-order valence-electron chi connectivity index (χ1n) is 4.65. The number of carboxylic acids is 1. The van der Waals surface area contributed by atoms with Crippen molar-refractivity contribution in [3.63, 3.8) is 0 Å². The Hall–Kier alpha value is -0.940. The molecule has 82 valence electrons. The predicted molar refractivity (Wildman–Crippen MR) is 53.0 cm³/mol. The Balaban J connectivity index is 0.000000292. The van der Waals surface area contributed by atoms with Gasteiger partial charge in [-0.3, -0.25) is 4.79 Å². The van der Waals surface area contributed by atoms with Gasteiger partial charge in [0.25, 0.3) is 0 Å². The van der Waals surface area contributed by atoms with Crippen molar-refractivity contribution in [3.05, 3.63) is 0 Å². The maximum Gasteiger partial charge on any atom is 0.317 e. The number of likely N-dealkylation sites (tertiary alicyclic amines) is 1. The molecule has 1 saturated heterocycles. The molecule has 0 aliphatic carbocycles. The zero-order valence-corrected chi connectivity index (χ0v) is 8.48. The molecule has 0 aromatic heterocycles. The standard InChI is InChI=1S/C7H13NO.C2H5NO2/c1-8-4-2-7(6-9)3-5-8;3-1-2(4)5/h6-7H,2-5H2,1H3;1,3H2,(H,4,5). The number of piperidine rings is 1. The predicted octanol–water partition coefficient (Wildman–Crippen LogP) is -0.443. The lowest BCUT2D eigenvalue weighted by atomic mass is 9.99. The fourth-order valence-electron chi connectivity index (χ4n) is 1.16. The molecule has 0 saturated carbocycles. The van der Waals surface area contributed by atoms with Crippen molar-refractivity contribution in [3.8, 4) is 0 Å². The van der Waals surface area contributed by atoms with E-state index in [1.807, 2.05) is 0 Å². The van der Waals surface area contributed by atoms with Crippen molar-refractivity contribution < 1.29 is 14.7 Å². The van der Waals surface area contributed by atoms with Crippen LogP contribution in [0.25, 0.3) is 0 Å². The zero-order chi connectivity index (χ0) is 11.0. The first-order chi connectivity index (χ1) is 6.60. The number of nitrogens with zero attached hydrogens (tertiary/aromatic N) is 1. The van der Waals surface area contributed by atoms with Crippen molar-refractivity contribution in [2.45, 2.75) is 12.8 Å². The molecule has 0 aromatic rings. The molecule has 1 fully saturated rings. The van der Waals surface area contributed by atoms with Crippen molar-refractivity contribution in [1.29, 1.82) is 0 Å². The third-order valence-electron chi connectivity index (χ3n) is 2.13. The Morgan fingerprint density at radius 1 is 1.57 bits per heavy atom. The van der Waals surface area contributed by atoms with Gasteiger partial charge in [0, 0.05) is 5.92 Å². The van der Waals surface area contributed by atoms with E-state index in [1.165, 1.54) is 0 Å². The van der Waals surface area contributed by atoms with Crippen LogP contribution in [-0.2, 0) is 9.59 Å². The first-order valence-corrected chi connectivity index (χ1v) is 4.65. The maximum absolute atomic E-state index is 10.2. The van der Waals surface area contributed by atoms with Gasteiger partial charge in [0.2, 0.25) is 0 Å². The van der Waals surface area contributed by atoms with Crippen LogP contribution in [0.2, 0.25) is 0 Å². The number of carboxylic acid groups (broad SMARTS) is 1. The molecule has 0 radical (unpaired) electrons. The van der Waals surface area contributed by atoms with Crippen LogP contribution in [0, 0.1) is 5.92 Å². The molecule has 0 aromatic carbocycles. The van der Waals surface area contributed by atoms with E-state index in [-0.39, 0.29) is 6.54 Å². The Morgan fingerprint density at radius 2 is 2.00 bits per heavy atom. The van der Waals surface area contributed by atoms with Gasteiger partial charge in [-0.05, 0) is 33.0 Å². The zero-order valence-electron chi connectivity index (χ0n) is 8.48. The molecular weight excluding hydrogens is 184 g/mol. The summed E-state index contributed by atoms with van der Waals surface area (Å²) >= 11 is 0. The van der Waals surface area contributed by atoms with Crippen molar-refractivity contribution >= 4 is 12.3 Å². The highest BCUT2D eigenvalue weighted by Crippen LogP contribution is 2.12. The summed E-state index contributed by atoms with van der Waals surface area (Å²) in [7, 11) is 2.10. The summed E-state index contributed by atoms with van der Waals surface area (Å²) in [5, 5.41) is 7.60. The van der Waals surface area contributed by atoms with Crippen LogP contribution < -0.4 is 5.73 Å². The maximum atomic E-state index is 10.2. The first kappa shape index (κ1) is 13.1. The lowest BCUT2D eigenvalue weighted by molar-refractivity contribution is -0.135. The van der Waals surface area contributed by atoms with Crippen LogP contribution in [-0.4, -0.2) is 48.9 Å². The minimum absolute atomic E-state index is 0.278. The lowest BCUT2D eigenvalue weighted by Crippen LogP contribution is -2.30. The topological polar surface area (TPSA) is 83.6 Å². The second kappa shape index (κ2) is 7.46. The molecule has 14 heavy (non-hydrogen) atoms. The lowest BCUT2D eigenvalue weighted by Gasteiger charge is -2.25. The van der Waals surface area contributed by atoms with E-state index in [9.17, 15) is 9.59 Å². The van der Waals surface area contributed by atoms with Crippen LogP contribution in [0.3, 0.4) is 0 Å². The normalized spacial score (nSPS) is 18.1. The molecule has 1 rings (SSSR count). The molecule has 0 spiro atoms. The minimum atomic E-state index is -0.968. The number of carbonyl (C=O) groups excluding carboxylic acids is 1. The van der Waals surface area contributed by atoms with E-state index in [1.54, 1.807) is 0 Å². The van der Waals surface area contributed by atoms with Gasteiger partial charge in [0.15, 0.2) is 0 Å². The number of aliphatic carboxylic acids is 1. The van der Waals surface area contributed by atoms with Gasteiger partial charge in [-0.15, -0.1) is 0 Å².